The van der Waals surface area contributed by atoms with E-state index in [-0.39, 0.29) is 5.92 Å². The standard InChI is InChI=1S/C14H24O2/c1-9(2)11-6-7-14(3,16)12-5-4-10(8-15)13(11)12/h8-13,16H,4-7H2,1-3H3/t10-,11+,12-,13+,14-/m1/s1. The zero-order chi connectivity index (χ0) is 11.9. The molecule has 16 heavy (non-hydrogen) atoms. The van der Waals surface area contributed by atoms with Gasteiger partial charge in [-0.25, -0.2) is 0 Å². The quantitative estimate of drug-likeness (QED) is 0.732. The maximum absolute atomic E-state index is 11.2. The van der Waals surface area contributed by atoms with E-state index in [1.165, 1.54) is 0 Å². The summed E-state index contributed by atoms with van der Waals surface area (Å²) >= 11 is 0. The van der Waals surface area contributed by atoms with Crippen LogP contribution >= 0.6 is 0 Å². The number of carbonyl (C=O) groups is 1. The van der Waals surface area contributed by atoms with Gasteiger partial charge in [-0.15, -0.1) is 0 Å². The van der Waals surface area contributed by atoms with E-state index in [4.69, 9.17) is 0 Å². The molecule has 1 N–H and O–H groups in total. The van der Waals surface area contributed by atoms with Crippen LogP contribution in [0.15, 0.2) is 0 Å². The SMILES string of the molecule is CC(C)[C@@H]1CC[C@@](C)(O)[C@@H]2CC[C@H](C=O)[C@H]21. The van der Waals surface area contributed by atoms with E-state index in [0.29, 0.717) is 23.7 Å². The van der Waals surface area contributed by atoms with Gasteiger partial charge < -0.3 is 9.90 Å². The highest BCUT2D eigenvalue weighted by atomic mass is 16.3. The molecule has 0 aliphatic heterocycles. The van der Waals surface area contributed by atoms with Gasteiger partial charge in [0.2, 0.25) is 0 Å². The van der Waals surface area contributed by atoms with E-state index >= 15 is 0 Å². The molecule has 2 fully saturated rings. The van der Waals surface area contributed by atoms with E-state index < -0.39 is 5.60 Å². The van der Waals surface area contributed by atoms with Gasteiger partial charge in [0.15, 0.2) is 0 Å². The summed E-state index contributed by atoms with van der Waals surface area (Å²) < 4.78 is 0. The van der Waals surface area contributed by atoms with Crippen LogP contribution in [0.25, 0.3) is 0 Å². The number of aliphatic hydroxyl groups is 1. The molecule has 0 heterocycles. The van der Waals surface area contributed by atoms with E-state index in [9.17, 15) is 9.90 Å². The normalized spacial score (nSPS) is 48.1. The van der Waals surface area contributed by atoms with Crippen LogP contribution in [-0.2, 0) is 4.79 Å². The molecule has 0 unspecified atom stereocenters. The number of rotatable bonds is 2. The molecule has 0 saturated heterocycles. The minimum absolute atomic E-state index is 0.198. The number of hydrogen-bond acceptors (Lipinski definition) is 2. The Balaban J connectivity index is 2.26. The maximum Gasteiger partial charge on any atom is 0.123 e. The monoisotopic (exact) mass is 224 g/mol. The minimum atomic E-state index is -0.534. The summed E-state index contributed by atoms with van der Waals surface area (Å²) in [5.41, 5.74) is -0.534. The van der Waals surface area contributed by atoms with E-state index in [1.54, 1.807) is 0 Å². The van der Waals surface area contributed by atoms with Gasteiger partial charge in [0.25, 0.3) is 0 Å². The fraction of sp³-hybridized carbons (Fsp3) is 0.929. The van der Waals surface area contributed by atoms with E-state index in [1.807, 2.05) is 6.92 Å². The Morgan fingerprint density at radius 1 is 1.31 bits per heavy atom. The molecule has 0 amide bonds. The fourth-order valence-electron chi connectivity index (χ4n) is 4.17. The van der Waals surface area contributed by atoms with Crippen molar-refractivity contribution in [3.8, 4) is 0 Å². The van der Waals surface area contributed by atoms with Gasteiger partial charge in [0, 0.05) is 5.92 Å². The lowest BCUT2D eigenvalue weighted by atomic mass is 9.61. The van der Waals surface area contributed by atoms with Gasteiger partial charge in [-0.05, 0) is 56.3 Å². The van der Waals surface area contributed by atoms with Gasteiger partial charge in [0.1, 0.15) is 6.29 Å². The summed E-state index contributed by atoms with van der Waals surface area (Å²) in [6, 6.07) is 0. The Hall–Kier alpha value is -0.370. The van der Waals surface area contributed by atoms with Crippen molar-refractivity contribution in [3.05, 3.63) is 0 Å². The lowest BCUT2D eigenvalue weighted by molar-refractivity contribution is -0.118. The summed E-state index contributed by atoms with van der Waals surface area (Å²) in [6.07, 6.45) is 5.14. The molecule has 2 saturated carbocycles. The number of aldehydes is 1. The summed E-state index contributed by atoms with van der Waals surface area (Å²) in [4.78, 5) is 11.2. The number of hydrogen-bond donors (Lipinski definition) is 1. The van der Waals surface area contributed by atoms with Crippen molar-refractivity contribution >= 4 is 6.29 Å². The molecule has 0 spiro atoms. The average Bonchev–Trinajstić information content (AvgIpc) is 2.62. The van der Waals surface area contributed by atoms with Gasteiger partial charge in [-0.3, -0.25) is 0 Å². The molecule has 2 aliphatic carbocycles. The molecule has 0 aromatic heterocycles. The minimum Gasteiger partial charge on any atom is -0.390 e. The van der Waals surface area contributed by atoms with Crippen molar-refractivity contribution in [1.29, 1.82) is 0 Å². The molecule has 0 aromatic rings. The number of fused-ring (bicyclic) bond motifs is 1. The Bertz CT molecular complexity index is 270. The zero-order valence-corrected chi connectivity index (χ0v) is 10.6. The highest BCUT2D eigenvalue weighted by molar-refractivity contribution is 5.55. The fourth-order valence-corrected chi connectivity index (χ4v) is 4.17. The van der Waals surface area contributed by atoms with Crippen molar-refractivity contribution in [2.45, 2.75) is 52.1 Å². The third kappa shape index (κ3) is 1.81. The molecule has 92 valence electrons. The second-order valence-electron chi connectivity index (χ2n) is 6.36. The van der Waals surface area contributed by atoms with Crippen LogP contribution in [0.1, 0.15) is 46.5 Å². The molecule has 5 atom stereocenters. The average molecular weight is 224 g/mol. The number of carbonyl (C=O) groups excluding carboxylic acids is 1. The van der Waals surface area contributed by atoms with Crippen molar-refractivity contribution in [2.24, 2.45) is 29.6 Å². The lowest BCUT2D eigenvalue weighted by Crippen LogP contribution is -2.46. The Morgan fingerprint density at radius 3 is 2.56 bits per heavy atom. The van der Waals surface area contributed by atoms with Crippen LogP contribution in [-0.4, -0.2) is 17.0 Å². The van der Waals surface area contributed by atoms with Crippen molar-refractivity contribution in [1.82, 2.24) is 0 Å². The molecule has 2 nitrogen and oxygen atoms in total. The van der Waals surface area contributed by atoms with Crippen LogP contribution in [0.4, 0.5) is 0 Å². The summed E-state index contributed by atoms with van der Waals surface area (Å²) in [6.45, 7) is 6.47. The van der Waals surface area contributed by atoms with E-state index in [0.717, 1.165) is 32.0 Å². The summed E-state index contributed by atoms with van der Waals surface area (Å²) in [5.74, 6) is 2.24. The summed E-state index contributed by atoms with van der Waals surface area (Å²) in [5, 5.41) is 10.4. The maximum atomic E-state index is 11.2. The third-order valence-electron chi connectivity index (χ3n) is 5.08. The van der Waals surface area contributed by atoms with Gasteiger partial charge in [0.05, 0.1) is 5.60 Å². The second-order valence-corrected chi connectivity index (χ2v) is 6.36. The molecule has 2 heteroatoms. The first kappa shape index (κ1) is 12.1. The Kier molecular flexibility index (Phi) is 3.13. The molecular formula is C14H24O2. The predicted molar refractivity (Wildman–Crippen MR) is 64.0 cm³/mol. The smallest absolute Gasteiger partial charge is 0.123 e. The van der Waals surface area contributed by atoms with Crippen LogP contribution < -0.4 is 0 Å². The Morgan fingerprint density at radius 2 is 2.00 bits per heavy atom. The first-order valence-electron chi connectivity index (χ1n) is 6.65. The van der Waals surface area contributed by atoms with Crippen molar-refractivity contribution < 1.29 is 9.90 Å². The highest BCUT2D eigenvalue weighted by Crippen LogP contribution is 2.54. The molecule has 2 aliphatic rings. The second kappa shape index (κ2) is 4.14. The lowest BCUT2D eigenvalue weighted by Gasteiger charge is -2.46. The van der Waals surface area contributed by atoms with E-state index in [2.05, 4.69) is 13.8 Å². The molecule has 2 rings (SSSR count). The topological polar surface area (TPSA) is 37.3 Å². The van der Waals surface area contributed by atoms with Crippen LogP contribution in [0.3, 0.4) is 0 Å². The summed E-state index contributed by atoms with van der Waals surface area (Å²) in [7, 11) is 0. The van der Waals surface area contributed by atoms with Crippen LogP contribution in [0.2, 0.25) is 0 Å². The van der Waals surface area contributed by atoms with Gasteiger partial charge in [-0.1, -0.05) is 13.8 Å². The largest absolute Gasteiger partial charge is 0.390 e. The molecule has 0 radical (unpaired) electrons. The van der Waals surface area contributed by atoms with Crippen LogP contribution in [0, 0.1) is 29.6 Å². The Labute approximate surface area is 98.4 Å². The molecule has 0 aromatic carbocycles. The van der Waals surface area contributed by atoms with Crippen molar-refractivity contribution in [3.63, 3.8) is 0 Å². The van der Waals surface area contributed by atoms with Crippen molar-refractivity contribution in [2.75, 3.05) is 0 Å². The highest BCUT2D eigenvalue weighted by Gasteiger charge is 2.52. The van der Waals surface area contributed by atoms with Gasteiger partial charge >= 0.3 is 0 Å². The zero-order valence-electron chi connectivity index (χ0n) is 10.6. The molecule has 0 bridgehead atoms. The van der Waals surface area contributed by atoms with Crippen LogP contribution in [0.5, 0.6) is 0 Å². The van der Waals surface area contributed by atoms with Gasteiger partial charge in [-0.2, -0.15) is 0 Å². The molecular weight excluding hydrogens is 200 g/mol. The first-order chi connectivity index (χ1) is 7.47. The first-order valence-corrected chi connectivity index (χ1v) is 6.65. The third-order valence-corrected chi connectivity index (χ3v) is 5.08. The predicted octanol–water partition coefficient (Wildman–Crippen LogP) is 2.64.